The van der Waals surface area contributed by atoms with Crippen molar-refractivity contribution in [3.63, 3.8) is 0 Å². The van der Waals surface area contributed by atoms with E-state index in [9.17, 15) is 13.6 Å². The van der Waals surface area contributed by atoms with E-state index in [1.165, 1.54) is 24.1 Å². The van der Waals surface area contributed by atoms with Crippen molar-refractivity contribution >= 4 is 5.91 Å². The Morgan fingerprint density at radius 2 is 2.35 bits per heavy atom. The molecule has 0 saturated heterocycles. The van der Waals surface area contributed by atoms with Gasteiger partial charge in [-0.25, -0.2) is 19.6 Å². The van der Waals surface area contributed by atoms with E-state index < -0.39 is 17.4 Å². The van der Waals surface area contributed by atoms with Crippen LogP contribution in [-0.2, 0) is 11.2 Å². The molecule has 26 heavy (non-hydrogen) atoms. The lowest BCUT2D eigenvalue weighted by atomic mass is 9.98. The molecule has 3 aliphatic rings. The summed E-state index contributed by atoms with van der Waals surface area (Å²) in [7, 11) is 0. The Hall–Kier alpha value is -2.48. The number of H-pyrrole nitrogens is 1. The number of nitrogens with zero attached hydrogens (tertiary/aromatic N) is 3. The van der Waals surface area contributed by atoms with Crippen molar-refractivity contribution in [1.82, 2.24) is 19.9 Å². The molecule has 1 aromatic heterocycles. The standard InChI is InChI=1S/C18H21F2N5O/c1-18(20)9-11(18)17(26)24-8-6-13-16(23-10-22-13)15(24)5-4-14-12(19)3-2-7-25(14)21/h2-4,7,10-11,15H,5-6,8-9,21H2,1H3,(H,22,23)/b14-4-/t11-,15-,18?/m0/s1. The summed E-state index contributed by atoms with van der Waals surface area (Å²) in [4.78, 5) is 21.9. The molecule has 1 amide bonds. The van der Waals surface area contributed by atoms with Crippen LogP contribution in [0, 0.1) is 5.92 Å². The molecule has 1 fully saturated rings. The van der Waals surface area contributed by atoms with Crippen LogP contribution >= 0.6 is 0 Å². The van der Waals surface area contributed by atoms with Crippen molar-refractivity contribution in [3.8, 4) is 0 Å². The highest BCUT2D eigenvalue weighted by Gasteiger charge is 2.57. The number of allylic oxidation sites excluding steroid dienone is 3. The third kappa shape index (κ3) is 2.84. The zero-order valence-corrected chi connectivity index (χ0v) is 14.5. The molecule has 4 rings (SSSR count). The number of alkyl halides is 1. The first-order valence-corrected chi connectivity index (χ1v) is 8.68. The van der Waals surface area contributed by atoms with Crippen molar-refractivity contribution in [2.45, 2.75) is 37.9 Å². The number of imidazole rings is 1. The Morgan fingerprint density at radius 1 is 1.58 bits per heavy atom. The fourth-order valence-corrected chi connectivity index (χ4v) is 3.68. The number of hydrazine groups is 1. The number of halogens is 2. The molecule has 6 nitrogen and oxygen atoms in total. The minimum absolute atomic E-state index is 0.198. The number of fused-ring (bicyclic) bond motifs is 1. The van der Waals surface area contributed by atoms with Crippen LogP contribution in [0.2, 0.25) is 0 Å². The van der Waals surface area contributed by atoms with Crippen LogP contribution in [0.25, 0.3) is 0 Å². The molecule has 0 bridgehead atoms. The van der Waals surface area contributed by atoms with Gasteiger partial charge in [-0.15, -0.1) is 0 Å². The monoisotopic (exact) mass is 361 g/mol. The van der Waals surface area contributed by atoms with Gasteiger partial charge in [0.25, 0.3) is 0 Å². The average Bonchev–Trinajstić information content (AvgIpc) is 3.02. The molecule has 1 saturated carbocycles. The lowest BCUT2D eigenvalue weighted by Gasteiger charge is -2.35. The number of nitrogens with two attached hydrogens (primary N) is 1. The molecule has 3 heterocycles. The maximum absolute atomic E-state index is 14.1. The number of aromatic amines is 1. The van der Waals surface area contributed by atoms with Crippen LogP contribution in [0.4, 0.5) is 8.78 Å². The van der Waals surface area contributed by atoms with Gasteiger partial charge in [-0.2, -0.15) is 0 Å². The normalized spacial score (nSPS) is 31.8. The van der Waals surface area contributed by atoms with Crippen LogP contribution in [0.15, 0.2) is 42.3 Å². The Morgan fingerprint density at radius 3 is 3.04 bits per heavy atom. The summed E-state index contributed by atoms with van der Waals surface area (Å²) in [5, 5.41) is 1.20. The molecule has 0 radical (unpaired) electrons. The van der Waals surface area contributed by atoms with E-state index in [-0.39, 0.29) is 24.1 Å². The lowest BCUT2D eigenvalue weighted by molar-refractivity contribution is -0.136. The number of carbonyl (C=O) groups excluding carboxylic acids is 1. The van der Waals surface area contributed by atoms with Crippen LogP contribution in [0.1, 0.15) is 37.2 Å². The van der Waals surface area contributed by atoms with E-state index in [0.29, 0.717) is 19.4 Å². The van der Waals surface area contributed by atoms with Gasteiger partial charge in [0.2, 0.25) is 5.91 Å². The van der Waals surface area contributed by atoms with Crippen molar-refractivity contribution in [2.24, 2.45) is 11.8 Å². The second kappa shape index (κ2) is 6.05. The van der Waals surface area contributed by atoms with Gasteiger partial charge in [0.05, 0.1) is 29.7 Å². The van der Waals surface area contributed by atoms with Gasteiger partial charge in [-0.3, -0.25) is 9.80 Å². The number of aromatic nitrogens is 2. The van der Waals surface area contributed by atoms with Gasteiger partial charge >= 0.3 is 0 Å². The van der Waals surface area contributed by atoms with Crippen LogP contribution in [0.3, 0.4) is 0 Å². The van der Waals surface area contributed by atoms with Crippen LogP contribution < -0.4 is 5.84 Å². The average molecular weight is 361 g/mol. The fourth-order valence-electron chi connectivity index (χ4n) is 3.68. The molecule has 1 aliphatic carbocycles. The summed E-state index contributed by atoms with van der Waals surface area (Å²) in [6, 6.07) is -0.367. The first-order valence-electron chi connectivity index (χ1n) is 8.68. The first-order chi connectivity index (χ1) is 12.4. The fraction of sp³-hybridized carbons (Fsp3) is 0.444. The van der Waals surface area contributed by atoms with E-state index in [2.05, 4.69) is 9.97 Å². The molecule has 8 heteroatoms. The second-order valence-electron chi connectivity index (χ2n) is 7.19. The van der Waals surface area contributed by atoms with Crippen molar-refractivity contribution in [1.29, 1.82) is 0 Å². The van der Waals surface area contributed by atoms with Gasteiger partial charge < -0.3 is 9.88 Å². The number of hydrogen-bond acceptors (Lipinski definition) is 4. The molecular weight excluding hydrogens is 340 g/mol. The molecular formula is C18H21F2N5O. The SMILES string of the molecule is CC1(F)C[C@H]1C(=O)N1CCc2[nH]cnc2[C@@H]1C/C=C1/C(F)=CC=CN1N. The maximum atomic E-state index is 14.1. The third-order valence-corrected chi connectivity index (χ3v) is 5.34. The molecule has 2 aliphatic heterocycles. The van der Waals surface area contributed by atoms with Gasteiger partial charge in [0.15, 0.2) is 0 Å². The number of amides is 1. The minimum Gasteiger partial charge on any atom is -0.348 e. The van der Waals surface area contributed by atoms with Gasteiger partial charge in [0, 0.05) is 24.9 Å². The Bertz CT molecular complexity index is 825. The molecule has 1 aromatic rings. The van der Waals surface area contributed by atoms with E-state index in [1.54, 1.807) is 23.5 Å². The lowest BCUT2D eigenvalue weighted by Crippen LogP contribution is -2.42. The quantitative estimate of drug-likeness (QED) is 0.811. The zero-order chi connectivity index (χ0) is 18.5. The summed E-state index contributed by atoms with van der Waals surface area (Å²) in [5.74, 6) is 4.56. The topological polar surface area (TPSA) is 78.2 Å². The van der Waals surface area contributed by atoms with Crippen molar-refractivity contribution in [3.05, 3.63) is 53.7 Å². The highest BCUT2D eigenvalue weighted by Crippen LogP contribution is 2.49. The second-order valence-corrected chi connectivity index (χ2v) is 7.19. The number of hydrogen-bond donors (Lipinski definition) is 2. The summed E-state index contributed by atoms with van der Waals surface area (Å²) in [5.41, 5.74) is 0.523. The Kier molecular flexibility index (Phi) is 3.95. The van der Waals surface area contributed by atoms with E-state index in [4.69, 9.17) is 5.84 Å². The zero-order valence-electron chi connectivity index (χ0n) is 14.5. The first kappa shape index (κ1) is 17.0. The van der Waals surface area contributed by atoms with Crippen LogP contribution in [0.5, 0.6) is 0 Å². The number of nitrogens with one attached hydrogen (secondary N) is 1. The predicted octanol–water partition coefficient (Wildman–Crippen LogP) is 2.41. The van der Waals surface area contributed by atoms with E-state index in [1.807, 2.05) is 0 Å². The van der Waals surface area contributed by atoms with Gasteiger partial charge in [-0.05, 0) is 31.9 Å². The molecule has 0 spiro atoms. The molecule has 138 valence electrons. The molecule has 1 unspecified atom stereocenters. The Balaban J connectivity index is 1.61. The summed E-state index contributed by atoms with van der Waals surface area (Å²) in [6.07, 6.45) is 8.89. The summed E-state index contributed by atoms with van der Waals surface area (Å²) < 4.78 is 28.1. The third-order valence-electron chi connectivity index (χ3n) is 5.34. The molecule has 0 aromatic carbocycles. The molecule has 3 N–H and O–H groups in total. The van der Waals surface area contributed by atoms with Crippen molar-refractivity contribution in [2.75, 3.05) is 6.54 Å². The van der Waals surface area contributed by atoms with Gasteiger partial charge in [0.1, 0.15) is 11.5 Å². The van der Waals surface area contributed by atoms with E-state index >= 15 is 0 Å². The number of rotatable bonds is 3. The maximum Gasteiger partial charge on any atom is 0.229 e. The van der Waals surface area contributed by atoms with Gasteiger partial charge in [-0.1, -0.05) is 6.08 Å². The summed E-state index contributed by atoms with van der Waals surface area (Å²) in [6.45, 7) is 1.94. The van der Waals surface area contributed by atoms with Crippen LogP contribution in [-0.4, -0.2) is 38.0 Å². The highest BCUT2D eigenvalue weighted by molar-refractivity contribution is 5.84. The highest BCUT2D eigenvalue weighted by atomic mass is 19.1. The molecule has 3 atom stereocenters. The predicted molar refractivity (Wildman–Crippen MR) is 91.4 cm³/mol. The largest absolute Gasteiger partial charge is 0.348 e. The number of carbonyl (C=O) groups is 1. The summed E-state index contributed by atoms with van der Waals surface area (Å²) >= 11 is 0. The van der Waals surface area contributed by atoms with Crippen molar-refractivity contribution < 1.29 is 13.6 Å². The van der Waals surface area contributed by atoms with E-state index in [0.717, 1.165) is 11.4 Å². The Labute approximate surface area is 150 Å². The smallest absolute Gasteiger partial charge is 0.229 e. The minimum atomic E-state index is -1.43.